The lowest BCUT2D eigenvalue weighted by Gasteiger charge is -2.42. The number of fused-ring (bicyclic) bond motifs is 2. The summed E-state index contributed by atoms with van der Waals surface area (Å²) < 4.78 is 29.5. The molecule has 26 heavy (non-hydrogen) atoms. The average Bonchev–Trinajstić information content (AvgIpc) is 2.94. The van der Waals surface area contributed by atoms with Crippen LogP contribution in [0.2, 0.25) is 0 Å². The maximum absolute atomic E-state index is 12.5. The molecule has 0 spiro atoms. The fraction of sp³-hybridized carbons (Fsp3) is 0.500. The molecular formula is C18H23N3O4S. The summed E-state index contributed by atoms with van der Waals surface area (Å²) in [5, 5.41) is 0.906. The molecule has 0 amide bonds. The molecule has 0 saturated carbocycles. The van der Waals surface area contributed by atoms with Crippen molar-refractivity contribution in [1.29, 1.82) is 0 Å². The van der Waals surface area contributed by atoms with Crippen LogP contribution in [0.3, 0.4) is 0 Å². The van der Waals surface area contributed by atoms with Crippen molar-refractivity contribution >= 4 is 20.7 Å². The van der Waals surface area contributed by atoms with Crippen molar-refractivity contribution < 1.29 is 13.2 Å². The minimum absolute atomic E-state index is 0.00776. The van der Waals surface area contributed by atoms with E-state index in [0.29, 0.717) is 12.1 Å². The highest BCUT2D eigenvalue weighted by Crippen LogP contribution is 2.27. The van der Waals surface area contributed by atoms with Crippen LogP contribution in [0, 0.1) is 0 Å². The van der Waals surface area contributed by atoms with Crippen molar-refractivity contribution in [3.05, 3.63) is 40.2 Å². The third kappa shape index (κ3) is 3.13. The quantitative estimate of drug-likeness (QED) is 0.836. The minimum Gasteiger partial charge on any atom is -0.497 e. The van der Waals surface area contributed by atoms with Crippen molar-refractivity contribution in [2.24, 2.45) is 0 Å². The van der Waals surface area contributed by atoms with Gasteiger partial charge in [-0.3, -0.25) is 14.6 Å². The zero-order chi connectivity index (χ0) is 18.5. The molecule has 4 rings (SSSR count). The summed E-state index contributed by atoms with van der Waals surface area (Å²) >= 11 is 0. The number of hydrogen-bond acceptors (Lipinski definition) is 6. The maximum atomic E-state index is 12.5. The Hall–Kier alpha value is -1.90. The lowest BCUT2D eigenvalue weighted by Crippen LogP contribution is -2.57. The van der Waals surface area contributed by atoms with Crippen molar-refractivity contribution in [2.45, 2.75) is 18.6 Å². The van der Waals surface area contributed by atoms with Crippen LogP contribution < -0.4 is 10.3 Å². The molecular weight excluding hydrogens is 354 g/mol. The largest absolute Gasteiger partial charge is 0.497 e. The van der Waals surface area contributed by atoms with E-state index in [1.54, 1.807) is 7.11 Å². The van der Waals surface area contributed by atoms with E-state index in [2.05, 4.69) is 14.8 Å². The zero-order valence-corrected chi connectivity index (χ0v) is 15.8. The van der Waals surface area contributed by atoms with Crippen LogP contribution in [0.4, 0.5) is 0 Å². The van der Waals surface area contributed by atoms with Crippen LogP contribution in [0.15, 0.2) is 29.1 Å². The SMILES string of the molecule is COc1ccc2[nH]c(=O)c(CN3CCN(C)[C@@H]4CS(=O)(=O)C[C@@H]43)cc2c1. The third-order valence-corrected chi connectivity index (χ3v) is 7.27. The Morgan fingerprint density at radius 3 is 2.73 bits per heavy atom. The second-order valence-corrected chi connectivity index (χ2v) is 9.39. The summed E-state index contributed by atoms with van der Waals surface area (Å²) in [5.74, 6) is 1.11. The number of hydrogen-bond donors (Lipinski definition) is 1. The van der Waals surface area contributed by atoms with Crippen LogP contribution in [0.5, 0.6) is 5.75 Å². The molecule has 1 N–H and O–H groups in total. The number of H-pyrrole nitrogens is 1. The molecule has 1 aromatic heterocycles. The lowest BCUT2D eigenvalue weighted by atomic mass is 10.0. The number of rotatable bonds is 3. The van der Waals surface area contributed by atoms with E-state index in [9.17, 15) is 13.2 Å². The van der Waals surface area contributed by atoms with E-state index >= 15 is 0 Å². The first-order valence-corrected chi connectivity index (χ1v) is 10.5. The fourth-order valence-electron chi connectivity index (χ4n) is 4.09. The van der Waals surface area contributed by atoms with Crippen molar-refractivity contribution in [3.63, 3.8) is 0 Å². The Morgan fingerprint density at radius 1 is 1.19 bits per heavy atom. The number of piperazine rings is 1. The van der Waals surface area contributed by atoms with Crippen LogP contribution in [-0.2, 0) is 16.4 Å². The monoisotopic (exact) mass is 377 g/mol. The Balaban J connectivity index is 1.66. The Morgan fingerprint density at radius 2 is 1.96 bits per heavy atom. The molecule has 2 aromatic rings. The molecule has 1 aromatic carbocycles. The second kappa shape index (κ2) is 6.37. The number of nitrogens with zero attached hydrogens (tertiary/aromatic N) is 2. The van der Waals surface area contributed by atoms with Gasteiger partial charge in [0.15, 0.2) is 9.84 Å². The molecule has 7 nitrogen and oxygen atoms in total. The van der Waals surface area contributed by atoms with Gasteiger partial charge in [-0.1, -0.05) is 0 Å². The number of pyridine rings is 1. The number of nitrogens with one attached hydrogen (secondary N) is 1. The minimum atomic E-state index is -3.03. The van der Waals surface area contributed by atoms with Gasteiger partial charge in [0, 0.05) is 48.2 Å². The zero-order valence-electron chi connectivity index (χ0n) is 14.9. The van der Waals surface area contributed by atoms with Gasteiger partial charge in [-0.15, -0.1) is 0 Å². The molecule has 2 atom stereocenters. The van der Waals surface area contributed by atoms with Gasteiger partial charge in [0.1, 0.15) is 5.75 Å². The highest BCUT2D eigenvalue weighted by molar-refractivity contribution is 7.91. The molecule has 8 heteroatoms. The lowest BCUT2D eigenvalue weighted by molar-refractivity contribution is 0.0570. The standard InChI is InChI=1S/C18H23N3O4S/c1-20-5-6-21(17-11-26(23,24)10-16(17)20)9-13-7-12-8-14(25-2)3-4-15(12)19-18(13)22/h3-4,7-8,16-17H,5-6,9-11H2,1-2H3,(H,19,22)/t16-,17+/m1/s1. The van der Waals surface area contributed by atoms with E-state index in [4.69, 9.17) is 4.74 Å². The topological polar surface area (TPSA) is 82.7 Å². The summed E-state index contributed by atoms with van der Waals surface area (Å²) in [4.78, 5) is 19.7. The number of ether oxygens (including phenoxy) is 1. The van der Waals surface area contributed by atoms with Crippen molar-refractivity contribution in [3.8, 4) is 5.75 Å². The van der Waals surface area contributed by atoms with Gasteiger partial charge < -0.3 is 9.72 Å². The van der Waals surface area contributed by atoms with Crippen LogP contribution >= 0.6 is 0 Å². The van der Waals surface area contributed by atoms with E-state index in [1.165, 1.54) is 0 Å². The third-order valence-electron chi connectivity index (χ3n) is 5.57. The van der Waals surface area contributed by atoms with E-state index in [-0.39, 0.29) is 29.1 Å². The first-order valence-electron chi connectivity index (χ1n) is 8.71. The number of methoxy groups -OCH3 is 1. The van der Waals surface area contributed by atoms with Gasteiger partial charge in [-0.2, -0.15) is 0 Å². The Kier molecular flexibility index (Phi) is 4.29. The number of likely N-dealkylation sites (N-methyl/N-ethyl adjacent to an activating group) is 1. The molecule has 2 fully saturated rings. The van der Waals surface area contributed by atoms with Gasteiger partial charge in [0.25, 0.3) is 5.56 Å². The van der Waals surface area contributed by atoms with Gasteiger partial charge in [-0.25, -0.2) is 8.42 Å². The highest BCUT2D eigenvalue weighted by atomic mass is 32.2. The Labute approximate surface area is 152 Å². The normalized spacial score (nSPS) is 26.1. The molecule has 0 bridgehead atoms. The van der Waals surface area contributed by atoms with Gasteiger partial charge in [-0.05, 0) is 31.3 Å². The molecule has 3 heterocycles. The van der Waals surface area contributed by atoms with Crippen LogP contribution in [0.1, 0.15) is 5.56 Å². The first-order chi connectivity index (χ1) is 12.4. The van der Waals surface area contributed by atoms with Gasteiger partial charge in [0.2, 0.25) is 0 Å². The van der Waals surface area contributed by atoms with E-state index in [0.717, 1.165) is 29.7 Å². The molecule has 140 valence electrons. The number of benzene rings is 1. The van der Waals surface area contributed by atoms with Crippen molar-refractivity contribution in [2.75, 3.05) is 38.8 Å². The summed E-state index contributed by atoms with van der Waals surface area (Å²) in [6.07, 6.45) is 0. The molecule has 2 aliphatic rings. The molecule has 0 aliphatic carbocycles. The van der Waals surface area contributed by atoms with Gasteiger partial charge in [0.05, 0.1) is 18.6 Å². The Bertz CT molecular complexity index is 1000. The number of sulfone groups is 1. The predicted octanol–water partition coefficient (Wildman–Crippen LogP) is 0.450. The maximum Gasteiger partial charge on any atom is 0.252 e. The van der Waals surface area contributed by atoms with Crippen LogP contribution in [0.25, 0.3) is 10.9 Å². The van der Waals surface area contributed by atoms with Crippen molar-refractivity contribution in [1.82, 2.24) is 14.8 Å². The second-order valence-electron chi connectivity index (χ2n) is 7.24. The summed E-state index contributed by atoms with van der Waals surface area (Å²) in [7, 11) is 0.560. The smallest absolute Gasteiger partial charge is 0.252 e. The summed E-state index contributed by atoms with van der Waals surface area (Å²) in [6, 6.07) is 7.36. The molecule has 0 radical (unpaired) electrons. The summed E-state index contributed by atoms with van der Waals surface area (Å²) in [5.41, 5.74) is 1.29. The van der Waals surface area contributed by atoms with Crippen LogP contribution in [-0.4, -0.2) is 74.0 Å². The molecule has 0 unspecified atom stereocenters. The molecule has 2 saturated heterocycles. The fourth-order valence-corrected chi connectivity index (χ4v) is 6.17. The number of aromatic amines is 1. The predicted molar refractivity (Wildman–Crippen MR) is 100 cm³/mol. The average molecular weight is 377 g/mol. The first kappa shape index (κ1) is 17.5. The van der Waals surface area contributed by atoms with E-state index in [1.807, 2.05) is 31.3 Å². The summed E-state index contributed by atoms with van der Waals surface area (Å²) in [6.45, 7) is 2.01. The van der Waals surface area contributed by atoms with E-state index < -0.39 is 9.84 Å². The highest BCUT2D eigenvalue weighted by Gasteiger charge is 2.45. The van der Waals surface area contributed by atoms with Gasteiger partial charge >= 0.3 is 0 Å². The number of aromatic nitrogens is 1. The molecule has 2 aliphatic heterocycles.